The summed E-state index contributed by atoms with van der Waals surface area (Å²) in [4.78, 5) is 24.3. The number of Topliss-reactive ketones (excluding diaryl/α,β-unsaturated/α-hetero) is 1. The molecule has 4 rings (SSSR count). The Morgan fingerprint density at radius 1 is 1.11 bits per heavy atom. The van der Waals surface area contributed by atoms with Gasteiger partial charge in [0.25, 0.3) is 5.19 Å². The van der Waals surface area contributed by atoms with E-state index in [1.54, 1.807) is 6.20 Å². The standard InChI is InChI=1S/C26H34F3N3O3S/c1-18-2-7-22(15-30-18)34-16-21(33)14-20-5-3-19(4-6-20)8-11-32-12-9-23-24(10-13-32)36-25(31-23)35-17-26(27,28)29/h2,7,15,19-20H,3-6,8-14,16-17H2,1H3. The average Bonchev–Trinajstić information content (AvgIpc) is 3.15. The van der Waals surface area contributed by atoms with Crippen molar-refractivity contribution in [1.82, 2.24) is 14.9 Å². The molecule has 0 amide bonds. The molecule has 198 valence electrons. The second kappa shape index (κ2) is 12.4. The van der Waals surface area contributed by atoms with Crippen molar-refractivity contribution in [2.45, 2.75) is 64.5 Å². The van der Waals surface area contributed by atoms with Crippen LogP contribution in [0.5, 0.6) is 10.9 Å². The van der Waals surface area contributed by atoms with Crippen LogP contribution in [0.15, 0.2) is 18.3 Å². The molecule has 0 spiro atoms. The van der Waals surface area contributed by atoms with Gasteiger partial charge in [-0.3, -0.25) is 9.78 Å². The lowest BCUT2D eigenvalue weighted by molar-refractivity contribution is -0.153. The van der Waals surface area contributed by atoms with Crippen molar-refractivity contribution in [3.8, 4) is 10.9 Å². The molecule has 0 unspecified atom stereocenters. The van der Waals surface area contributed by atoms with Crippen molar-refractivity contribution in [2.24, 2.45) is 11.8 Å². The van der Waals surface area contributed by atoms with Crippen LogP contribution in [0.3, 0.4) is 0 Å². The molecule has 0 saturated heterocycles. The lowest BCUT2D eigenvalue weighted by atomic mass is 9.78. The normalized spacial score (nSPS) is 21.0. The number of alkyl halides is 3. The summed E-state index contributed by atoms with van der Waals surface area (Å²) < 4.78 is 47.5. The zero-order chi connectivity index (χ0) is 25.5. The lowest BCUT2D eigenvalue weighted by Gasteiger charge is -2.30. The summed E-state index contributed by atoms with van der Waals surface area (Å²) in [6, 6.07) is 3.71. The van der Waals surface area contributed by atoms with E-state index < -0.39 is 12.8 Å². The first-order valence-corrected chi connectivity index (χ1v) is 13.5. The van der Waals surface area contributed by atoms with Gasteiger partial charge in [0.05, 0.1) is 11.9 Å². The van der Waals surface area contributed by atoms with Crippen LogP contribution >= 0.6 is 11.3 Å². The predicted molar refractivity (Wildman–Crippen MR) is 132 cm³/mol. The molecule has 0 N–H and O–H groups in total. The van der Waals surface area contributed by atoms with E-state index in [4.69, 9.17) is 9.47 Å². The van der Waals surface area contributed by atoms with Gasteiger partial charge in [0.2, 0.25) is 0 Å². The van der Waals surface area contributed by atoms with Gasteiger partial charge < -0.3 is 14.4 Å². The van der Waals surface area contributed by atoms with E-state index in [9.17, 15) is 18.0 Å². The molecule has 36 heavy (non-hydrogen) atoms. The first-order valence-electron chi connectivity index (χ1n) is 12.7. The number of halogens is 3. The topological polar surface area (TPSA) is 64.5 Å². The Labute approximate surface area is 214 Å². The maximum atomic E-state index is 12.4. The molecular weight excluding hydrogens is 491 g/mol. The Morgan fingerprint density at radius 3 is 2.58 bits per heavy atom. The number of carbonyl (C=O) groups excluding carboxylic acids is 1. The van der Waals surface area contributed by atoms with E-state index in [0.29, 0.717) is 24.0 Å². The largest absolute Gasteiger partial charge is 0.484 e. The van der Waals surface area contributed by atoms with Gasteiger partial charge in [0.15, 0.2) is 12.4 Å². The Hall–Kier alpha value is -2.20. The second-order valence-electron chi connectivity index (χ2n) is 9.94. The van der Waals surface area contributed by atoms with Crippen molar-refractivity contribution >= 4 is 17.1 Å². The molecule has 0 atom stereocenters. The van der Waals surface area contributed by atoms with Crippen LogP contribution in [0.4, 0.5) is 13.2 Å². The molecule has 0 bridgehead atoms. The van der Waals surface area contributed by atoms with Crippen LogP contribution < -0.4 is 9.47 Å². The smallest absolute Gasteiger partial charge is 0.422 e. The Kier molecular flexibility index (Phi) is 9.22. The molecule has 3 heterocycles. The maximum absolute atomic E-state index is 12.4. The summed E-state index contributed by atoms with van der Waals surface area (Å²) in [5.41, 5.74) is 1.80. The number of carbonyl (C=O) groups is 1. The molecule has 2 aliphatic rings. The van der Waals surface area contributed by atoms with Crippen molar-refractivity contribution in [3.63, 3.8) is 0 Å². The number of nitrogens with zero attached hydrogens (tertiary/aromatic N) is 3. The van der Waals surface area contributed by atoms with Gasteiger partial charge in [-0.2, -0.15) is 13.2 Å². The third kappa shape index (κ3) is 8.44. The number of ketones is 1. The highest BCUT2D eigenvalue weighted by Crippen LogP contribution is 2.34. The fourth-order valence-corrected chi connectivity index (χ4v) is 5.93. The highest BCUT2D eigenvalue weighted by Gasteiger charge is 2.30. The third-order valence-corrected chi connectivity index (χ3v) is 8.13. The van der Waals surface area contributed by atoms with Crippen molar-refractivity contribution < 1.29 is 27.4 Å². The molecule has 0 aromatic carbocycles. The maximum Gasteiger partial charge on any atom is 0.422 e. The minimum absolute atomic E-state index is 0.107. The lowest BCUT2D eigenvalue weighted by Crippen LogP contribution is -2.30. The van der Waals surface area contributed by atoms with E-state index in [2.05, 4.69) is 14.9 Å². The summed E-state index contributed by atoms with van der Waals surface area (Å²) >= 11 is 1.25. The number of rotatable bonds is 10. The fraction of sp³-hybridized carbons (Fsp3) is 0.654. The van der Waals surface area contributed by atoms with E-state index >= 15 is 0 Å². The van der Waals surface area contributed by atoms with Crippen LogP contribution in [-0.2, 0) is 17.6 Å². The van der Waals surface area contributed by atoms with Gasteiger partial charge in [0, 0.05) is 36.5 Å². The molecule has 1 aliphatic heterocycles. The quantitative estimate of drug-likeness (QED) is 0.413. The zero-order valence-electron chi connectivity index (χ0n) is 20.7. The number of hydrogen-bond acceptors (Lipinski definition) is 7. The Morgan fingerprint density at radius 2 is 1.86 bits per heavy atom. The number of pyridine rings is 1. The van der Waals surface area contributed by atoms with Gasteiger partial charge in [-0.1, -0.05) is 24.2 Å². The van der Waals surface area contributed by atoms with Crippen molar-refractivity contribution in [2.75, 3.05) is 32.8 Å². The Balaban J connectivity index is 1.11. The van der Waals surface area contributed by atoms with E-state index in [1.807, 2.05) is 19.1 Å². The number of ether oxygens (including phenoxy) is 2. The highest BCUT2D eigenvalue weighted by molar-refractivity contribution is 7.13. The first-order chi connectivity index (χ1) is 17.2. The zero-order valence-corrected chi connectivity index (χ0v) is 21.5. The third-order valence-electron chi connectivity index (χ3n) is 7.06. The number of fused-ring (bicyclic) bond motifs is 1. The SMILES string of the molecule is Cc1ccc(OCC(=O)CC2CCC(CCN3CCc4nc(OCC(F)(F)F)sc4CC3)CC2)cn1. The van der Waals surface area contributed by atoms with Gasteiger partial charge in [-0.25, -0.2) is 4.98 Å². The molecular formula is C26H34F3N3O3S. The average molecular weight is 526 g/mol. The number of aryl methyl sites for hydroxylation is 1. The summed E-state index contributed by atoms with van der Waals surface area (Å²) in [6.07, 6.45) is 5.07. The molecule has 0 radical (unpaired) electrons. The molecule has 1 aliphatic carbocycles. The summed E-state index contributed by atoms with van der Waals surface area (Å²) in [7, 11) is 0. The van der Waals surface area contributed by atoms with Crippen LogP contribution in [0.25, 0.3) is 0 Å². The van der Waals surface area contributed by atoms with Gasteiger partial charge >= 0.3 is 6.18 Å². The minimum atomic E-state index is -4.34. The summed E-state index contributed by atoms with van der Waals surface area (Å²) in [5, 5.41) is 0.125. The van der Waals surface area contributed by atoms with Crippen molar-refractivity contribution in [3.05, 3.63) is 34.6 Å². The molecule has 1 saturated carbocycles. The molecule has 10 heteroatoms. The molecule has 1 fully saturated rings. The van der Waals surface area contributed by atoms with Crippen LogP contribution in [0.1, 0.15) is 54.8 Å². The van der Waals surface area contributed by atoms with Gasteiger partial charge in [0.1, 0.15) is 12.4 Å². The number of thiazole rings is 1. The number of aromatic nitrogens is 2. The van der Waals surface area contributed by atoms with E-state index in [-0.39, 0.29) is 17.6 Å². The van der Waals surface area contributed by atoms with Gasteiger partial charge in [-0.15, -0.1) is 0 Å². The molecule has 2 aromatic rings. The second-order valence-corrected chi connectivity index (χ2v) is 11.0. The Bertz CT molecular complexity index is 963. The first kappa shape index (κ1) is 26.9. The highest BCUT2D eigenvalue weighted by atomic mass is 32.1. The minimum Gasteiger partial charge on any atom is -0.484 e. The van der Waals surface area contributed by atoms with Crippen LogP contribution in [0, 0.1) is 18.8 Å². The number of hydrogen-bond donors (Lipinski definition) is 0. The van der Waals surface area contributed by atoms with Crippen LogP contribution in [-0.4, -0.2) is 59.7 Å². The monoisotopic (exact) mass is 525 g/mol. The van der Waals surface area contributed by atoms with E-state index in [0.717, 1.165) is 80.8 Å². The van der Waals surface area contributed by atoms with Crippen molar-refractivity contribution in [1.29, 1.82) is 0 Å². The van der Waals surface area contributed by atoms with E-state index in [1.165, 1.54) is 11.3 Å². The summed E-state index contributed by atoms with van der Waals surface area (Å²) in [6.45, 7) is 3.52. The fourth-order valence-electron chi connectivity index (χ4n) is 4.99. The molecule has 2 aromatic heterocycles. The summed E-state index contributed by atoms with van der Waals surface area (Å²) in [5.74, 6) is 1.91. The van der Waals surface area contributed by atoms with Crippen LogP contribution in [0.2, 0.25) is 0 Å². The predicted octanol–water partition coefficient (Wildman–Crippen LogP) is 5.42. The van der Waals surface area contributed by atoms with Gasteiger partial charge in [-0.05, 0) is 63.1 Å². The molecule has 6 nitrogen and oxygen atoms in total.